The third kappa shape index (κ3) is 6.72. The monoisotopic (exact) mass is 593 g/mol. The van der Waals surface area contributed by atoms with Gasteiger partial charge in [0, 0.05) is 36.2 Å². The number of aliphatic carboxylic acids is 2. The van der Waals surface area contributed by atoms with Crippen LogP contribution in [-0.2, 0) is 36.9 Å². The van der Waals surface area contributed by atoms with Crippen LogP contribution in [0.1, 0.15) is 57.5 Å². The Bertz CT molecular complexity index is 1470. The summed E-state index contributed by atoms with van der Waals surface area (Å²) in [5.41, 5.74) is 2.79. The average Bonchev–Trinajstić information content (AvgIpc) is 3.67. The van der Waals surface area contributed by atoms with Gasteiger partial charge >= 0.3 is 26.2 Å². The van der Waals surface area contributed by atoms with Gasteiger partial charge in [-0.15, -0.1) is 0 Å². The van der Waals surface area contributed by atoms with Gasteiger partial charge in [-0.2, -0.15) is 0 Å². The van der Waals surface area contributed by atoms with Crippen molar-refractivity contribution < 1.29 is 53.5 Å². The van der Waals surface area contributed by atoms with Crippen LogP contribution in [0.3, 0.4) is 0 Å². The van der Waals surface area contributed by atoms with E-state index in [4.69, 9.17) is 14.4 Å². The Morgan fingerprint density at radius 2 is 1.51 bits per heavy atom. The Hall–Kier alpha value is -4.24. The zero-order valence-corrected chi connectivity index (χ0v) is 22.9. The molecular weight excluding hydrogens is 564 g/mol. The minimum absolute atomic E-state index is 0.00457. The van der Waals surface area contributed by atoms with Crippen LogP contribution < -0.4 is 21.6 Å². The van der Waals surface area contributed by atoms with Crippen LogP contribution in [0.5, 0.6) is 0 Å². The molecule has 0 spiro atoms. The summed E-state index contributed by atoms with van der Waals surface area (Å²) in [6.07, 6.45) is -1.03. The fourth-order valence-electron chi connectivity index (χ4n) is 5.58. The second kappa shape index (κ2) is 12.6. The van der Waals surface area contributed by atoms with Crippen LogP contribution in [-0.4, -0.2) is 93.7 Å². The fourth-order valence-corrected chi connectivity index (χ4v) is 5.58. The summed E-state index contributed by atoms with van der Waals surface area (Å²) >= 11 is 0. The first-order valence-electron chi connectivity index (χ1n) is 13.7. The molecule has 16 heteroatoms. The summed E-state index contributed by atoms with van der Waals surface area (Å²) in [6.45, 7) is 0.339. The van der Waals surface area contributed by atoms with E-state index < -0.39 is 68.4 Å². The molecule has 0 aliphatic carbocycles. The van der Waals surface area contributed by atoms with Crippen molar-refractivity contribution in [2.45, 2.75) is 57.0 Å². The van der Waals surface area contributed by atoms with E-state index in [1.165, 1.54) is 17.0 Å². The predicted molar refractivity (Wildman–Crippen MR) is 149 cm³/mol. The lowest BCUT2D eigenvalue weighted by molar-refractivity contribution is -0.140. The Labute approximate surface area is 246 Å². The van der Waals surface area contributed by atoms with Gasteiger partial charge < -0.3 is 45.1 Å². The smallest absolute Gasteiger partial charge is 0.481 e. The number of fused-ring (bicyclic) bond motifs is 2. The summed E-state index contributed by atoms with van der Waals surface area (Å²) in [7, 11) is -2.35. The highest BCUT2D eigenvalue weighted by molar-refractivity contribution is 6.62. The molecule has 3 aliphatic rings. The molecule has 6 N–H and O–H groups in total. The summed E-state index contributed by atoms with van der Waals surface area (Å²) in [5, 5.41) is 43.8. The molecule has 0 saturated carbocycles. The molecular formula is C27H29B2N3O11. The maximum Gasteiger partial charge on any atom is 0.491 e. The van der Waals surface area contributed by atoms with Crippen LogP contribution in [0.25, 0.3) is 0 Å². The van der Waals surface area contributed by atoms with Crippen LogP contribution in [0.2, 0.25) is 0 Å². The summed E-state index contributed by atoms with van der Waals surface area (Å²) in [5.74, 6) is -4.13. The van der Waals surface area contributed by atoms with E-state index in [-0.39, 0.29) is 50.1 Å². The number of rotatable bonds is 10. The first-order valence-corrected chi connectivity index (χ1v) is 13.7. The van der Waals surface area contributed by atoms with E-state index >= 15 is 0 Å². The molecule has 3 aliphatic heterocycles. The number of amides is 3. The number of carboxylic acid groups (broad SMARTS) is 2. The normalized spacial score (nSPS) is 19.5. The van der Waals surface area contributed by atoms with E-state index in [1.807, 2.05) is 0 Å². The van der Waals surface area contributed by atoms with Crippen molar-refractivity contribution in [2.24, 2.45) is 0 Å². The average molecular weight is 593 g/mol. The van der Waals surface area contributed by atoms with E-state index in [2.05, 4.69) is 10.6 Å². The number of likely N-dealkylation sites (tertiary alicyclic amines) is 1. The number of carboxylic acids is 2. The molecule has 3 atom stereocenters. The zero-order valence-electron chi connectivity index (χ0n) is 22.9. The first-order chi connectivity index (χ1) is 20.5. The van der Waals surface area contributed by atoms with E-state index in [9.17, 15) is 39.1 Å². The fraction of sp³-hybridized carbons (Fsp3) is 0.370. The molecule has 14 nitrogen and oxygen atoms in total. The number of nitrogens with zero attached hydrogens (tertiary/aromatic N) is 1. The molecule has 3 heterocycles. The van der Waals surface area contributed by atoms with Gasteiger partial charge in [0.15, 0.2) is 0 Å². The van der Waals surface area contributed by atoms with E-state index in [0.29, 0.717) is 16.5 Å². The summed E-state index contributed by atoms with van der Waals surface area (Å²) in [6, 6.07) is 6.63. The van der Waals surface area contributed by atoms with Crippen molar-refractivity contribution in [2.75, 3.05) is 6.54 Å². The van der Waals surface area contributed by atoms with Crippen LogP contribution in [0, 0.1) is 0 Å². The van der Waals surface area contributed by atoms with Gasteiger partial charge in [0.25, 0.3) is 11.8 Å². The molecule has 0 aromatic heterocycles. The third-order valence-corrected chi connectivity index (χ3v) is 7.80. The SMILES string of the molecule is O=C(O)CC[C@@H](CC(=O)O)NC(=O)[C@@H]1C[C@@H](NC(=O)c2ccc3c(c2)B(O)OC3)CN1C(=O)c1ccc2c(c1)B(O)OC2. The zero-order chi connectivity index (χ0) is 30.8. The van der Waals surface area contributed by atoms with Crippen molar-refractivity contribution in [3.63, 3.8) is 0 Å². The molecule has 0 bridgehead atoms. The first kappa shape index (κ1) is 30.2. The standard InChI is InChI=1S/C27H29B2N3O11/c33-23(34)6-5-18(10-24(35)36)30-26(38)22-9-19(31-25(37)14-1-3-16-12-42-28(40)20(16)7-14)11-32(22)27(39)15-2-4-17-13-43-29(41)21(17)8-15/h1-4,7-8,18-19,22,40-41H,5-6,9-13H2,(H,30,38)(H,31,37)(H,33,34)(H,35,36)/t18-,19+,22-/m0/s1. The van der Waals surface area contributed by atoms with Gasteiger partial charge in [0.05, 0.1) is 19.6 Å². The van der Waals surface area contributed by atoms with Crippen molar-refractivity contribution in [3.8, 4) is 0 Å². The Morgan fingerprint density at radius 3 is 2.12 bits per heavy atom. The van der Waals surface area contributed by atoms with Gasteiger partial charge in [-0.25, -0.2) is 0 Å². The minimum atomic E-state index is -1.23. The highest BCUT2D eigenvalue weighted by Crippen LogP contribution is 2.23. The molecule has 5 rings (SSSR count). The second-order valence-electron chi connectivity index (χ2n) is 10.8. The van der Waals surface area contributed by atoms with Crippen LogP contribution >= 0.6 is 0 Å². The Kier molecular flexibility index (Phi) is 8.82. The number of carbonyl (C=O) groups excluding carboxylic acids is 3. The van der Waals surface area contributed by atoms with Crippen molar-refractivity contribution in [1.82, 2.24) is 15.5 Å². The number of benzene rings is 2. The molecule has 1 fully saturated rings. The largest absolute Gasteiger partial charge is 0.491 e. The number of hydrogen-bond acceptors (Lipinski definition) is 9. The molecule has 3 amide bonds. The van der Waals surface area contributed by atoms with E-state index in [1.54, 1.807) is 24.3 Å². The quantitative estimate of drug-likeness (QED) is 0.165. The van der Waals surface area contributed by atoms with Crippen LogP contribution in [0.15, 0.2) is 36.4 Å². The van der Waals surface area contributed by atoms with Crippen LogP contribution in [0.4, 0.5) is 0 Å². The number of hydrogen-bond donors (Lipinski definition) is 6. The lowest BCUT2D eigenvalue weighted by Crippen LogP contribution is -2.49. The number of nitrogens with one attached hydrogen (secondary N) is 2. The van der Waals surface area contributed by atoms with Gasteiger partial charge in [0.1, 0.15) is 6.04 Å². The molecule has 2 aromatic carbocycles. The highest BCUT2D eigenvalue weighted by Gasteiger charge is 2.42. The maximum absolute atomic E-state index is 13.7. The Morgan fingerprint density at radius 1 is 0.907 bits per heavy atom. The topological polar surface area (TPSA) is 212 Å². The highest BCUT2D eigenvalue weighted by atomic mass is 16.5. The van der Waals surface area contributed by atoms with Gasteiger partial charge in [0.2, 0.25) is 5.91 Å². The van der Waals surface area contributed by atoms with Gasteiger partial charge in [-0.1, -0.05) is 12.1 Å². The summed E-state index contributed by atoms with van der Waals surface area (Å²) in [4.78, 5) is 64.0. The molecule has 2 aromatic rings. The molecule has 0 unspecified atom stereocenters. The van der Waals surface area contributed by atoms with Gasteiger partial charge in [-0.05, 0) is 59.2 Å². The Balaban J connectivity index is 1.36. The van der Waals surface area contributed by atoms with Crippen molar-refractivity contribution in [3.05, 3.63) is 58.7 Å². The lowest BCUT2D eigenvalue weighted by Gasteiger charge is -2.26. The minimum Gasteiger partial charge on any atom is -0.481 e. The third-order valence-electron chi connectivity index (χ3n) is 7.80. The lowest BCUT2D eigenvalue weighted by atomic mass is 9.78. The molecule has 224 valence electrons. The van der Waals surface area contributed by atoms with Crippen molar-refractivity contribution >= 4 is 54.8 Å². The van der Waals surface area contributed by atoms with Gasteiger partial charge in [-0.3, -0.25) is 24.0 Å². The number of carbonyl (C=O) groups is 5. The molecule has 0 radical (unpaired) electrons. The second-order valence-corrected chi connectivity index (χ2v) is 10.8. The molecule has 1 saturated heterocycles. The van der Waals surface area contributed by atoms with E-state index in [0.717, 1.165) is 5.56 Å². The maximum atomic E-state index is 13.7. The van der Waals surface area contributed by atoms with Crippen molar-refractivity contribution in [1.29, 1.82) is 0 Å². The predicted octanol–water partition coefficient (Wildman–Crippen LogP) is -2.04. The molecule has 43 heavy (non-hydrogen) atoms. The summed E-state index contributed by atoms with van der Waals surface area (Å²) < 4.78 is 10.4.